The highest BCUT2D eigenvalue weighted by atomic mass is 15.1. The molecule has 2 heteroatoms. The Balaban J connectivity index is 1.71. The molecule has 0 radical (unpaired) electrons. The van der Waals surface area contributed by atoms with Gasteiger partial charge in [0.1, 0.15) is 0 Å². The normalized spacial score (nSPS) is 17.4. The molecule has 2 nitrogen and oxygen atoms in total. The Hall–Kier alpha value is -1.96. The third kappa shape index (κ3) is 2.39. The van der Waals surface area contributed by atoms with E-state index in [1.807, 2.05) is 0 Å². The number of nitrogens with one attached hydrogen (secondary N) is 1. The molecule has 0 fully saturated rings. The van der Waals surface area contributed by atoms with Crippen LogP contribution >= 0.6 is 0 Å². The second kappa shape index (κ2) is 5.44. The van der Waals surface area contributed by atoms with Gasteiger partial charge in [-0.15, -0.1) is 0 Å². The summed E-state index contributed by atoms with van der Waals surface area (Å²) in [5.41, 5.74) is 7.27. The van der Waals surface area contributed by atoms with E-state index < -0.39 is 0 Å². The van der Waals surface area contributed by atoms with Crippen LogP contribution in [0.15, 0.2) is 42.5 Å². The SMILES string of the molecule is c1ccc2c(c1)CCCN(c1cccc3c1NCCC3)C2. The van der Waals surface area contributed by atoms with Crippen LogP contribution in [0.1, 0.15) is 29.5 Å². The minimum atomic E-state index is 1.04. The Bertz CT molecular complexity index is 648. The third-order valence-corrected chi connectivity index (χ3v) is 4.75. The van der Waals surface area contributed by atoms with Crippen molar-refractivity contribution in [3.05, 3.63) is 59.2 Å². The number of nitrogens with zero attached hydrogens (tertiary/aromatic N) is 1. The van der Waals surface area contributed by atoms with E-state index >= 15 is 0 Å². The van der Waals surface area contributed by atoms with E-state index in [1.54, 1.807) is 0 Å². The van der Waals surface area contributed by atoms with E-state index in [0.29, 0.717) is 0 Å². The minimum absolute atomic E-state index is 1.04. The molecule has 0 unspecified atom stereocenters. The van der Waals surface area contributed by atoms with E-state index in [2.05, 4.69) is 52.7 Å². The fourth-order valence-electron chi connectivity index (χ4n) is 3.66. The number of para-hydroxylation sites is 1. The van der Waals surface area contributed by atoms with Gasteiger partial charge in [0.15, 0.2) is 0 Å². The first-order valence-electron chi connectivity index (χ1n) is 8.09. The van der Waals surface area contributed by atoms with E-state index in [4.69, 9.17) is 0 Å². The number of anilines is 2. The highest BCUT2D eigenvalue weighted by molar-refractivity contribution is 5.74. The molecule has 2 heterocycles. The summed E-state index contributed by atoms with van der Waals surface area (Å²) in [6.07, 6.45) is 4.90. The summed E-state index contributed by atoms with van der Waals surface area (Å²) in [6, 6.07) is 15.7. The molecule has 0 aromatic heterocycles. The van der Waals surface area contributed by atoms with Crippen LogP contribution < -0.4 is 10.2 Å². The zero-order chi connectivity index (χ0) is 14.1. The Morgan fingerprint density at radius 3 is 2.57 bits per heavy atom. The highest BCUT2D eigenvalue weighted by Crippen LogP contribution is 2.35. The molecule has 108 valence electrons. The summed E-state index contributed by atoms with van der Waals surface area (Å²) in [4.78, 5) is 2.56. The van der Waals surface area contributed by atoms with Crippen molar-refractivity contribution < 1.29 is 0 Å². The summed E-state index contributed by atoms with van der Waals surface area (Å²) in [5.74, 6) is 0. The molecule has 2 aliphatic rings. The maximum atomic E-state index is 3.63. The summed E-state index contributed by atoms with van der Waals surface area (Å²) in [5, 5.41) is 3.63. The molecule has 2 aromatic carbocycles. The predicted octanol–water partition coefficient (Wildman–Crippen LogP) is 4.00. The van der Waals surface area contributed by atoms with Crippen molar-refractivity contribution in [3.63, 3.8) is 0 Å². The van der Waals surface area contributed by atoms with Gasteiger partial charge in [0.2, 0.25) is 0 Å². The Morgan fingerprint density at radius 1 is 0.810 bits per heavy atom. The van der Waals surface area contributed by atoms with Crippen LogP contribution in [0.25, 0.3) is 0 Å². The first kappa shape index (κ1) is 12.8. The average Bonchev–Trinajstić information content (AvgIpc) is 2.76. The first-order valence-corrected chi connectivity index (χ1v) is 8.09. The number of hydrogen-bond donors (Lipinski definition) is 1. The summed E-state index contributed by atoms with van der Waals surface area (Å²) < 4.78 is 0. The Morgan fingerprint density at radius 2 is 1.62 bits per heavy atom. The zero-order valence-electron chi connectivity index (χ0n) is 12.4. The van der Waals surface area contributed by atoms with Gasteiger partial charge in [-0.3, -0.25) is 0 Å². The van der Waals surface area contributed by atoms with Crippen molar-refractivity contribution in [1.82, 2.24) is 0 Å². The smallest absolute Gasteiger partial charge is 0.0610 e. The lowest BCUT2D eigenvalue weighted by atomic mass is 10.0. The molecule has 0 atom stereocenters. The minimum Gasteiger partial charge on any atom is -0.383 e. The fourth-order valence-corrected chi connectivity index (χ4v) is 3.66. The van der Waals surface area contributed by atoms with Crippen LogP contribution in [0.4, 0.5) is 11.4 Å². The molecule has 2 aromatic rings. The maximum Gasteiger partial charge on any atom is 0.0610 e. The standard InChI is InChI=1S/C19H22N2/c1-2-7-17-14-21(13-5-10-15(17)6-1)18-11-3-8-16-9-4-12-20-19(16)18/h1-3,6-8,11,20H,4-5,9-10,12-14H2. The van der Waals surface area contributed by atoms with Crippen molar-refractivity contribution in [2.24, 2.45) is 0 Å². The summed E-state index contributed by atoms with van der Waals surface area (Å²) in [6.45, 7) is 3.29. The molecule has 0 bridgehead atoms. The number of aryl methyl sites for hydroxylation is 2. The van der Waals surface area contributed by atoms with Gasteiger partial charge in [-0.2, -0.15) is 0 Å². The van der Waals surface area contributed by atoms with Crippen molar-refractivity contribution in [1.29, 1.82) is 0 Å². The average molecular weight is 278 g/mol. The number of hydrogen-bond acceptors (Lipinski definition) is 2. The van der Waals surface area contributed by atoms with Crippen molar-refractivity contribution in [2.45, 2.75) is 32.2 Å². The van der Waals surface area contributed by atoms with E-state index in [9.17, 15) is 0 Å². The summed E-state index contributed by atoms with van der Waals surface area (Å²) in [7, 11) is 0. The third-order valence-electron chi connectivity index (χ3n) is 4.75. The lowest BCUT2D eigenvalue weighted by molar-refractivity contribution is 0.760. The van der Waals surface area contributed by atoms with E-state index in [-0.39, 0.29) is 0 Å². The molecular formula is C19H22N2. The van der Waals surface area contributed by atoms with Crippen LogP contribution in [-0.4, -0.2) is 13.1 Å². The first-order chi connectivity index (χ1) is 10.4. The monoisotopic (exact) mass is 278 g/mol. The van der Waals surface area contributed by atoms with Crippen LogP contribution in [0.2, 0.25) is 0 Å². The lowest BCUT2D eigenvalue weighted by Gasteiger charge is -2.29. The Kier molecular flexibility index (Phi) is 3.30. The predicted molar refractivity (Wildman–Crippen MR) is 89.1 cm³/mol. The van der Waals surface area contributed by atoms with Crippen molar-refractivity contribution >= 4 is 11.4 Å². The topological polar surface area (TPSA) is 15.3 Å². The quantitative estimate of drug-likeness (QED) is 0.848. The molecule has 0 saturated carbocycles. The fraction of sp³-hybridized carbons (Fsp3) is 0.368. The van der Waals surface area contributed by atoms with Gasteiger partial charge < -0.3 is 10.2 Å². The second-order valence-electron chi connectivity index (χ2n) is 6.14. The second-order valence-corrected chi connectivity index (χ2v) is 6.14. The molecular weight excluding hydrogens is 256 g/mol. The van der Waals surface area contributed by atoms with Gasteiger partial charge >= 0.3 is 0 Å². The lowest BCUT2D eigenvalue weighted by Crippen LogP contribution is -2.25. The highest BCUT2D eigenvalue weighted by Gasteiger charge is 2.19. The van der Waals surface area contributed by atoms with Crippen LogP contribution in [0.3, 0.4) is 0 Å². The maximum absolute atomic E-state index is 3.63. The molecule has 1 N–H and O–H groups in total. The summed E-state index contributed by atoms with van der Waals surface area (Å²) >= 11 is 0. The zero-order valence-corrected chi connectivity index (χ0v) is 12.4. The molecule has 0 amide bonds. The molecule has 0 spiro atoms. The van der Waals surface area contributed by atoms with Crippen LogP contribution in [-0.2, 0) is 19.4 Å². The van der Waals surface area contributed by atoms with Crippen molar-refractivity contribution in [3.8, 4) is 0 Å². The van der Waals surface area contributed by atoms with Gasteiger partial charge in [-0.25, -0.2) is 0 Å². The number of benzene rings is 2. The molecule has 0 aliphatic carbocycles. The van der Waals surface area contributed by atoms with Gasteiger partial charge in [-0.1, -0.05) is 36.4 Å². The molecule has 21 heavy (non-hydrogen) atoms. The van der Waals surface area contributed by atoms with Gasteiger partial charge in [0, 0.05) is 19.6 Å². The van der Waals surface area contributed by atoms with Crippen molar-refractivity contribution in [2.75, 3.05) is 23.3 Å². The van der Waals surface area contributed by atoms with E-state index in [0.717, 1.165) is 19.6 Å². The largest absolute Gasteiger partial charge is 0.383 e. The van der Waals surface area contributed by atoms with Gasteiger partial charge in [0.05, 0.1) is 11.4 Å². The van der Waals surface area contributed by atoms with Gasteiger partial charge in [0.25, 0.3) is 0 Å². The number of fused-ring (bicyclic) bond motifs is 2. The van der Waals surface area contributed by atoms with E-state index in [1.165, 1.54) is 53.7 Å². The van der Waals surface area contributed by atoms with Crippen LogP contribution in [0.5, 0.6) is 0 Å². The molecule has 0 saturated heterocycles. The molecule has 4 rings (SSSR count). The van der Waals surface area contributed by atoms with Gasteiger partial charge in [-0.05, 0) is 48.4 Å². The molecule has 2 aliphatic heterocycles. The van der Waals surface area contributed by atoms with Crippen LogP contribution in [0, 0.1) is 0 Å². The number of rotatable bonds is 1. The Labute approximate surface area is 126 Å².